The van der Waals surface area contributed by atoms with Gasteiger partial charge in [-0.3, -0.25) is 0 Å². The van der Waals surface area contributed by atoms with Gasteiger partial charge in [0.05, 0.1) is 6.61 Å². The summed E-state index contributed by atoms with van der Waals surface area (Å²) in [6.45, 7) is -0.217. The molecule has 1 aromatic rings. The summed E-state index contributed by atoms with van der Waals surface area (Å²) in [5, 5.41) is 8.69. The maximum atomic E-state index is 12.5. The first-order valence-electron chi connectivity index (χ1n) is 3.29. The monoisotopic (exact) mass is 268 g/mol. The van der Waals surface area contributed by atoms with Gasteiger partial charge in [-0.05, 0) is 33.6 Å². The van der Waals surface area contributed by atoms with E-state index in [1.807, 2.05) is 0 Å². The van der Waals surface area contributed by atoms with Gasteiger partial charge >= 0.3 is 10.2 Å². The number of aliphatic hydroxyl groups is 1. The lowest BCUT2D eigenvalue weighted by molar-refractivity contribution is 0.281. The highest BCUT2D eigenvalue weighted by Gasteiger charge is 2.15. The molecule has 1 N–H and O–H groups in total. The first kappa shape index (κ1) is 10.6. The fourth-order valence-electron chi connectivity index (χ4n) is 0.840. The molecule has 3 nitrogen and oxygen atoms in total. The maximum Gasteiger partial charge on any atom is 0.333 e. The van der Waals surface area contributed by atoms with Crippen LogP contribution in [0.4, 0.5) is 3.89 Å². The topological polar surface area (TPSA) is 54.4 Å². The highest BCUT2D eigenvalue weighted by molar-refractivity contribution is 9.10. The Morgan fingerprint density at radius 3 is 2.46 bits per heavy atom. The van der Waals surface area contributed by atoms with Crippen LogP contribution < -0.4 is 0 Å². The minimum absolute atomic E-state index is 0.113. The molecule has 0 fully saturated rings. The lowest BCUT2D eigenvalue weighted by Crippen LogP contribution is -1.94. The maximum absolute atomic E-state index is 12.5. The van der Waals surface area contributed by atoms with E-state index >= 15 is 0 Å². The molecule has 0 aliphatic heterocycles. The zero-order chi connectivity index (χ0) is 10.1. The van der Waals surface area contributed by atoms with Crippen molar-refractivity contribution in [3.8, 4) is 0 Å². The zero-order valence-corrected chi connectivity index (χ0v) is 8.77. The predicted octanol–water partition coefficient (Wildman–Crippen LogP) is 1.60. The first-order valence-corrected chi connectivity index (χ1v) is 5.47. The molecule has 72 valence electrons. The quantitative estimate of drug-likeness (QED) is 0.830. The normalized spacial score (nSPS) is 11.6. The summed E-state index contributed by atoms with van der Waals surface area (Å²) in [4.78, 5) is -0.426. The van der Waals surface area contributed by atoms with E-state index in [1.165, 1.54) is 12.1 Å². The molecule has 0 saturated heterocycles. The Morgan fingerprint density at radius 2 is 2.08 bits per heavy atom. The summed E-state index contributed by atoms with van der Waals surface area (Å²) < 4.78 is 33.6. The highest BCUT2D eigenvalue weighted by Crippen LogP contribution is 2.24. The Hall–Kier alpha value is -0.460. The van der Waals surface area contributed by atoms with Crippen LogP contribution in [0.1, 0.15) is 5.56 Å². The van der Waals surface area contributed by atoms with Crippen LogP contribution in [-0.2, 0) is 16.8 Å². The second-order valence-corrected chi connectivity index (χ2v) is 4.53. The molecular formula is C7H6BrFO3S. The third-order valence-electron chi connectivity index (χ3n) is 1.44. The van der Waals surface area contributed by atoms with Gasteiger partial charge in [0.1, 0.15) is 4.90 Å². The van der Waals surface area contributed by atoms with E-state index in [-0.39, 0.29) is 11.1 Å². The van der Waals surface area contributed by atoms with E-state index < -0.39 is 15.1 Å². The summed E-state index contributed by atoms with van der Waals surface area (Å²) in [5.41, 5.74) is 0.513. The molecule has 1 aromatic carbocycles. The van der Waals surface area contributed by atoms with E-state index in [0.717, 1.165) is 6.07 Å². The van der Waals surface area contributed by atoms with Gasteiger partial charge < -0.3 is 5.11 Å². The number of hydrogen-bond acceptors (Lipinski definition) is 3. The Balaban J connectivity index is 3.29. The molecule has 0 saturated carbocycles. The number of rotatable bonds is 2. The van der Waals surface area contributed by atoms with Crippen molar-refractivity contribution >= 4 is 26.2 Å². The van der Waals surface area contributed by atoms with E-state index in [0.29, 0.717) is 5.56 Å². The van der Waals surface area contributed by atoms with Gasteiger partial charge in [0.25, 0.3) is 0 Å². The van der Waals surface area contributed by atoms with Crippen molar-refractivity contribution < 1.29 is 17.4 Å². The summed E-state index contributed by atoms with van der Waals surface area (Å²) in [6, 6.07) is 3.80. The molecule has 0 radical (unpaired) electrons. The molecule has 1 rings (SSSR count). The first-order chi connectivity index (χ1) is 5.95. The molecule has 6 heteroatoms. The molecule has 0 aliphatic carbocycles. The fourth-order valence-corrected chi connectivity index (χ4v) is 2.37. The van der Waals surface area contributed by atoms with Crippen LogP contribution in [0.15, 0.2) is 27.6 Å². The Morgan fingerprint density at radius 1 is 1.46 bits per heavy atom. The van der Waals surface area contributed by atoms with Crippen molar-refractivity contribution in [2.45, 2.75) is 11.5 Å². The second-order valence-electron chi connectivity index (χ2n) is 2.36. The smallest absolute Gasteiger partial charge is 0.333 e. The summed E-state index contributed by atoms with van der Waals surface area (Å²) in [7, 11) is -4.69. The molecule has 0 bridgehead atoms. The largest absolute Gasteiger partial charge is 0.392 e. The molecule has 0 heterocycles. The molecule has 0 atom stereocenters. The SMILES string of the molecule is O=S(=O)(F)c1ccc(CO)cc1Br. The second kappa shape index (κ2) is 3.73. The predicted molar refractivity (Wildman–Crippen MR) is 48.4 cm³/mol. The molecule has 0 aliphatic rings. The van der Waals surface area contributed by atoms with Crippen molar-refractivity contribution in [1.82, 2.24) is 0 Å². The average molecular weight is 269 g/mol. The van der Waals surface area contributed by atoms with Gasteiger partial charge in [-0.2, -0.15) is 8.42 Å². The van der Waals surface area contributed by atoms with Crippen LogP contribution in [0.3, 0.4) is 0 Å². The van der Waals surface area contributed by atoms with Crippen molar-refractivity contribution in [1.29, 1.82) is 0 Å². The fraction of sp³-hybridized carbons (Fsp3) is 0.143. The molecule has 0 unspecified atom stereocenters. The molecule has 0 aromatic heterocycles. The number of benzene rings is 1. The van der Waals surface area contributed by atoms with Gasteiger partial charge in [-0.25, -0.2) is 0 Å². The molecule has 13 heavy (non-hydrogen) atoms. The summed E-state index contributed by atoms with van der Waals surface area (Å²) in [6.07, 6.45) is 0. The Labute approximate surface area is 83.5 Å². The zero-order valence-electron chi connectivity index (χ0n) is 6.37. The van der Waals surface area contributed by atoms with E-state index in [2.05, 4.69) is 15.9 Å². The van der Waals surface area contributed by atoms with Crippen LogP contribution in [0.2, 0.25) is 0 Å². The molecule has 0 spiro atoms. The van der Waals surface area contributed by atoms with E-state index in [4.69, 9.17) is 5.11 Å². The van der Waals surface area contributed by atoms with Crippen LogP contribution in [0, 0.1) is 0 Å². The third-order valence-corrected chi connectivity index (χ3v) is 3.24. The number of hydrogen-bond donors (Lipinski definition) is 1. The molecular weight excluding hydrogens is 263 g/mol. The van der Waals surface area contributed by atoms with E-state index in [9.17, 15) is 12.3 Å². The van der Waals surface area contributed by atoms with Gasteiger partial charge in [-0.15, -0.1) is 3.89 Å². The van der Waals surface area contributed by atoms with Gasteiger partial charge in [0.15, 0.2) is 0 Å². The third kappa shape index (κ3) is 2.49. The van der Waals surface area contributed by atoms with Crippen molar-refractivity contribution in [3.05, 3.63) is 28.2 Å². The van der Waals surface area contributed by atoms with Gasteiger partial charge in [-0.1, -0.05) is 6.07 Å². The van der Waals surface area contributed by atoms with Crippen molar-refractivity contribution in [3.63, 3.8) is 0 Å². The average Bonchev–Trinajstić information content (AvgIpc) is 2.01. The standard InChI is InChI=1S/C7H6BrFO3S/c8-6-3-5(4-10)1-2-7(6)13(9,11)12/h1-3,10H,4H2. The van der Waals surface area contributed by atoms with Crippen molar-refractivity contribution in [2.75, 3.05) is 0 Å². The number of aliphatic hydroxyl groups excluding tert-OH is 1. The van der Waals surface area contributed by atoms with Crippen LogP contribution >= 0.6 is 15.9 Å². The highest BCUT2D eigenvalue weighted by atomic mass is 79.9. The van der Waals surface area contributed by atoms with Crippen molar-refractivity contribution in [2.24, 2.45) is 0 Å². The van der Waals surface area contributed by atoms with Gasteiger partial charge in [0, 0.05) is 4.47 Å². The lowest BCUT2D eigenvalue weighted by atomic mass is 10.2. The minimum Gasteiger partial charge on any atom is -0.392 e. The lowest BCUT2D eigenvalue weighted by Gasteiger charge is -2.01. The number of halogens is 2. The molecule has 0 amide bonds. The van der Waals surface area contributed by atoms with Crippen LogP contribution in [0.5, 0.6) is 0 Å². The van der Waals surface area contributed by atoms with E-state index in [1.54, 1.807) is 0 Å². The Bertz CT molecular complexity index is 416. The Kier molecular flexibility index (Phi) is 3.05. The van der Waals surface area contributed by atoms with Crippen LogP contribution in [-0.4, -0.2) is 13.5 Å². The summed E-state index contributed by atoms with van der Waals surface area (Å²) >= 11 is 2.89. The van der Waals surface area contributed by atoms with Gasteiger partial charge in [0.2, 0.25) is 0 Å². The summed E-state index contributed by atoms with van der Waals surface area (Å²) in [5.74, 6) is 0. The minimum atomic E-state index is -4.69. The van der Waals surface area contributed by atoms with Crippen LogP contribution in [0.25, 0.3) is 0 Å².